The molecule has 6 nitrogen and oxygen atoms in total. The van der Waals surface area contributed by atoms with Crippen LogP contribution < -0.4 is 15.8 Å². The molecule has 20 heavy (non-hydrogen) atoms. The molecular weight excluding hydrogens is 309 g/mol. The highest BCUT2D eigenvalue weighted by molar-refractivity contribution is 7.89. The predicted octanol–water partition coefficient (Wildman–Crippen LogP) is 0.864. The molecule has 0 bridgehead atoms. The smallest absolute Gasteiger partial charge is 0.242 e. The van der Waals surface area contributed by atoms with Crippen LogP contribution in [0.15, 0.2) is 17.0 Å². The zero-order valence-electron chi connectivity index (χ0n) is 10.9. The number of hydrogen-bond acceptors (Lipinski definition) is 4. The van der Waals surface area contributed by atoms with E-state index in [2.05, 4.69) is 10.0 Å². The summed E-state index contributed by atoms with van der Waals surface area (Å²) < 4.78 is 39.5. The Morgan fingerprint density at radius 3 is 2.65 bits per heavy atom. The number of benzene rings is 1. The van der Waals surface area contributed by atoms with Gasteiger partial charge in [0.2, 0.25) is 15.9 Å². The molecule has 1 unspecified atom stereocenters. The van der Waals surface area contributed by atoms with Crippen molar-refractivity contribution in [3.8, 4) is 0 Å². The highest BCUT2D eigenvalue weighted by atomic mass is 35.5. The van der Waals surface area contributed by atoms with Gasteiger partial charge in [-0.25, -0.2) is 12.8 Å². The minimum atomic E-state index is -4.08. The van der Waals surface area contributed by atoms with Crippen LogP contribution in [0.5, 0.6) is 0 Å². The molecule has 1 atom stereocenters. The monoisotopic (exact) mass is 323 g/mol. The summed E-state index contributed by atoms with van der Waals surface area (Å²) >= 11 is 5.69. The van der Waals surface area contributed by atoms with Gasteiger partial charge in [-0.2, -0.15) is 4.72 Å². The van der Waals surface area contributed by atoms with Gasteiger partial charge in [0.15, 0.2) is 0 Å². The Bertz CT molecular complexity index is 622. The summed E-state index contributed by atoms with van der Waals surface area (Å²) in [7, 11) is -4.08. The van der Waals surface area contributed by atoms with Crippen LogP contribution in [0.3, 0.4) is 0 Å². The summed E-state index contributed by atoms with van der Waals surface area (Å²) in [6.07, 6.45) is 0. The molecule has 1 aromatic carbocycles. The van der Waals surface area contributed by atoms with Crippen molar-refractivity contribution >= 4 is 33.2 Å². The van der Waals surface area contributed by atoms with Crippen LogP contribution in [-0.4, -0.2) is 26.9 Å². The number of hydrogen-bond donors (Lipinski definition) is 3. The van der Waals surface area contributed by atoms with Crippen LogP contribution in [0.2, 0.25) is 5.02 Å². The van der Waals surface area contributed by atoms with Crippen molar-refractivity contribution in [3.63, 3.8) is 0 Å². The molecule has 0 spiro atoms. The zero-order chi connectivity index (χ0) is 15.5. The fourth-order valence-electron chi connectivity index (χ4n) is 1.43. The largest absolute Gasteiger partial charge is 0.396 e. The number of halogens is 2. The van der Waals surface area contributed by atoms with Crippen molar-refractivity contribution in [2.24, 2.45) is 0 Å². The van der Waals surface area contributed by atoms with Crippen LogP contribution in [0.4, 0.5) is 10.1 Å². The lowest BCUT2D eigenvalue weighted by atomic mass is 10.3. The molecule has 0 fully saturated rings. The van der Waals surface area contributed by atoms with E-state index >= 15 is 0 Å². The zero-order valence-corrected chi connectivity index (χ0v) is 12.5. The maximum atomic E-state index is 13.2. The van der Waals surface area contributed by atoms with E-state index in [1.54, 1.807) is 6.92 Å². The summed E-state index contributed by atoms with van der Waals surface area (Å²) in [4.78, 5) is 11.1. The Morgan fingerprint density at radius 2 is 2.10 bits per heavy atom. The van der Waals surface area contributed by atoms with E-state index in [9.17, 15) is 17.6 Å². The molecule has 9 heteroatoms. The van der Waals surface area contributed by atoms with E-state index in [1.807, 2.05) is 0 Å². The van der Waals surface area contributed by atoms with Crippen LogP contribution >= 0.6 is 11.6 Å². The predicted molar refractivity (Wildman–Crippen MR) is 74.3 cm³/mol. The van der Waals surface area contributed by atoms with Crippen molar-refractivity contribution < 1.29 is 17.6 Å². The lowest BCUT2D eigenvalue weighted by Gasteiger charge is -2.15. The quantitative estimate of drug-likeness (QED) is 0.700. The standard InChI is InChI=1S/C11H15ClFN3O3S/c1-3-15-11(17)6(2)16-20(18,19)10-5-9(14)8(13)4-7(10)12/h4-6,16H,3,14H2,1-2H3,(H,15,17). The van der Waals surface area contributed by atoms with Gasteiger partial charge < -0.3 is 11.1 Å². The molecule has 0 aromatic heterocycles. The first-order valence-corrected chi connectivity index (χ1v) is 7.59. The SMILES string of the molecule is CCNC(=O)C(C)NS(=O)(=O)c1cc(N)c(F)cc1Cl. The van der Waals surface area contributed by atoms with Gasteiger partial charge in [0, 0.05) is 6.54 Å². The third kappa shape index (κ3) is 3.81. The molecule has 4 N–H and O–H groups in total. The molecule has 1 aromatic rings. The number of rotatable bonds is 5. The number of carbonyl (C=O) groups excluding carboxylic acids is 1. The Hall–Kier alpha value is -1.38. The molecular formula is C11H15ClFN3O3S. The third-order valence-electron chi connectivity index (χ3n) is 2.42. The number of nitrogens with two attached hydrogens (primary N) is 1. The van der Waals surface area contributed by atoms with Crippen molar-refractivity contribution in [2.45, 2.75) is 24.8 Å². The molecule has 0 saturated heterocycles. The number of amides is 1. The van der Waals surface area contributed by atoms with Gasteiger partial charge in [-0.1, -0.05) is 11.6 Å². The second kappa shape index (κ2) is 6.38. The molecule has 1 amide bonds. The van der Waals surface area contributed by atoms with Crippen molar-refractivity contribution in [1.82, 2.24) is 10.0 Å². The Labute approximate surface area is 121 Å². The molecule has 0 aliphatic carbocycles. The van der Waals surface area contributed by atoms with Gasteiger partial charge in [0.05, 0.1) is 16.8 Å². The molecule has 0 aliphatic heterocycles. The maximum Gasteiger partial charge on any atom is 0.242 e. The topological polar surface area (TPSA) is 101 Å². The first-order chi connectivity index (χ1) is 9.19. The maximum absolute atomic E-state index is 13.2. The second-order valence-corrected chi connectivity index (χ2v) is 6.13. The number of anilines is 1. The summed E-state index contributed by atoms with van der Waals surface area (Å²) in [5.74, 6) is -1.30. The fraction of sp³-hybridized carbons (Fsp3) is 0.364. The third-order valence-corrected chi connectivity index (χ3v) is 4.42. The molecule has 1 rings (SSSR count). The number of nitrogen functional groups attached to an aromatic ring is 1. The van der Waals surface area contributed by atoms with E-state index in [1.165, 1.54) is 6.92 Å². The second-order valence-electron chi connectivity index (χ2n) is 4.04. The molecule has 0 aliphatic rings. The normalized spacial score (nSPS) is 13.0. The number of likely N-dealkylation sites (N-methyl/N-ethyl adjacent to an activating group) is 1. The molecule has 112 valence electrons. The Morgan fingerprint density at radius 1 is 1.50 bits per heavy atom. The summed E-state index contributed by atoms with van der Waals surface area (Å²) in [6.45, 7) is 3.45. The lowest BCUT2D eigenvalue weighted by molar-refractivity contribution is -0.122. The van der Waals surface area contributed by atoms with Gasteiger partial charge in [-0.15, -0.1) is 0 Å². The lowest BCUT2D eigenvalue weighted by Crippen LogP contribution is -2.44. The number of carbonyl (C=O) groups is 1. The minimum Gasteiger partial charge on any atom is -0.396 e. The first-order valence-electron chi connectivity index (χ1n) is 5.73. The molecule has 0 saturated carbocycles. The number of sulfonamides is 1. The summed E-state index contributed by atoms with van der Waals surface area (Å²) in [5.41, 5.74) is 4.97. The Kier molecular flexibility index (Phi) is 5.32. The van der Waals surface area contributed by atoms with Gasteiger partial charge in [-0.3, -0.25) is 4.79 Å². The average molecular weight is 324 g/mol. The summed E-state index contributed by atoms with van der Waals surface area (Å²) in [6, 6.07) is 0.717. The number of nitrogens with one attached hydrogen (secondary N) is 2. The summed E-state index contributed by atoms with van der Waals surface area (Å²) in [5, 5.41) is 2.16. The highest BCUT2D eigenvalue weighted by Gasteiger charge is 2.24. The van der Waals surface area contributed by atoms with Gasteiger partial charge >= 0.3 is 0 Å². The van der Waals surface area contributed by atoms with E-state index < -0.39 is 27.8 Å². The van der Waals surface area contributed by atoms with Crippen LogP contribution in [0.25, 0.3) is 0 Å². The van der Waals surface area contributed by atoms with Gasteiger partial charge in [-0.05, 0) is 26.0 Å². The van der Waals surface area contributed by atoms with Crippen LogP contribution in [-0.2, 0) is 14.8 Å². The van der Waals surface area contributed by atoms with E-state index in [-0.39, 0.29) is 15.6 Å². The van der Waals surface area contributed by atoms with Crippen molar-refractivity contribution in [2.75, 3.05) is 12.3 Å². The van der Waals surface area contributed by atoms with Crippen molar-refractivity contribution in [3.05, 3.63) is 23.0 Å². The van der Waals surface area contributed by atoms with Crippen LogP contribution in [0, 0.1) is 5.82 Å². The Balaban J connectivity index is 3.06. The van der Waals surface area contributed by atoms with Gasteiger partial charge in [0.25, 0.3) is 0 Å². The van der Waals surface area contributed by atoms with E-state index in [0.717, 1.165) is 12.1 Å². The van der Waals surface area contributed by atoms with E-state index in [0.29, 0.717) is 6.54 Å². The van der Waals surface area contributed by atoms with E-state index in [4.69, 9.17) is 17.3 Å². The fourth-order valence-corrected chi connectivity index (χ4v) is 3.18. The first kappa shape index (κ1) is 16.7. The van der Waals surface area contributed by atoms with Crippen LogP contribution in [0.1, 0.15) is 13.8 Å². The highest BCUT2D eigenvalue weighted by Crippen LogP contribution is 2.26. The molecule has 0 heterocycles. The minimum absolute atomic E-state index is 0.313. The average Bonchev–Trinajstić information content (AvgIpc) is 2.33. The van der Waals surface area contributed by atoms with Gasteiger partial charge in [0.1, 0.15) is 10.7 Å². The van der Waals surface area contributed by atoms with Crippen molar-refractivity contribution in [1.29, 1.82) is 0 Å². The molecule has 0 radical (unpaired) electrons.